The largest absolute Gasteiger partial charge is 0.465 e. The van der Waals surface area contributed by atoms with Crippen molar-refractivity contribution in [2.45, 2.75) is 38.5 Å². The van der Waals surface area contributed by atoms with Crippen molar-refractivity contribution >= 4 is 45.0 Å². The number of aliphatic imine (C=N–C) groups is 1. The Morgan fingerprint density at radius 2 is 1.88 bits per heavy atom. The zero-order valence-electron chi connectivity index (χ0n) is 18.8. The van der Waals surface area contributed by atoms with Crippen molar-refractivity contribution in [3.63, 3.8) is 0 Å². The fraction of sp³-hybridized carbons (Fsp3) is 0.346. The third-order valence-corrected chi connectivity index (χ3v) is 7.54. The van der Waals surface area contributed by atoms with Crippen LogP contribution >= 0.6 is 27.5 Å². The van der Waals surface area contributed by atoms with E-state index in [1.807, 2.05) is 43.3 Å². The number of hydrogen-bond donors (Lipinski definition) is 0. The van der Waals surface area contributed by atoms with Crippen LogP contribution in [0.3, 0.4) is 0 Å². The lowest BCUT2D eigenvalue weighted by Gasteiger charge is -2.37. The average Bonchev–Trinajstić information content (AvgIpc) is 3.25. The van der Waals surface area contributed by atoms with E-state index in [4.69, 9.17) is 30.8 Å². The second-order valence-electron chi connectivity index (χ2n) is 8.63. The number of carbonyl (C=O) groups excluding carboxylic acids is 2. The number of esters is 1. The fourth-order valence-electron chi connectivity index (χ4n) is 5.07. The lowest BCUT2D eigenvalue weighted by molar-refractivity contribution is -0.146. The molecule has 2 aromatic rings. The van der Waals surface area contributed by atoms with E-state index < -0.39 is 17.8 Å². The van der Waals surface area contributed by atoms with E-state index in [0.29, 0.717) is 40.6 Å². The number of carbonyl (C=O) groups is 2. The molecule has 2 heterocycles. The Kier molecular flexibility index (Phi) is 6.25. The molecule has 0 amide bonds. The van der Waals surface area contributed by atoms with Crippen molar-refractivity contribution in [2.24, 2.45) is 10.9 Å². The first-order chi connectivity index (χ1) is 16.4. The number of benzene rings is 2. The Morgan fingerprint density at radius 3 is 2.59 bits per heavy atom. The SMILES string of the molecule is CCOC(=O)C1C(C)=NC2=C(C(=O)C[C@H](c3ccc(Cl)cc3)C2)[C@@H]1c1cc2c(cc1Br)OCO2. The van der Waals surface area contributed by atoms with Crippen molar-refractivity contribution < 1.29 is 23.8 Å². The summed E-state index contributed by atoms with van der Waals surface area (Å²) < 4.78 is 17.3. The van der Waals surface area contributed by atoms with Gasteiger partial charge in [-0.25, -0.2) is 0 Å². The molecule has 3 aliphatic rings. The third-order valence-electron chi connectivity index (χ3n) is 6.60. The van der Waals surface area contributed by atoms with Crippen molar-refractivity contribution in [1.29, 1.82) is 0 Å². The quantitative estimate of drug-likeness (QED) is 0.444. The molecule has 0 radical (unpaired) electrons. The van der Waals surface area contributed by atoms with Gasteiger partial charge in [-0.15, -0.1) is 0 Å². The van der Waals surface area contributed by atoms with Crippen LogP contribution in [-0.4, -0.2) is 30.9 Å². The highest BCUT2D eigenvalue weighted by molar-refractivity contribution is 9.10. The molecule has 0 spiro atoms. The Labute approximate surface area is 211 Å². The van der Waals surface area contributed by atoms with Gasteiger partial charge in [-0.3, -0.25) is 14.6 Å². The minimum Gasteiger partial charge on any atom is -0.465 e. The Bertz CT molecular complexity index is 1240. The highest BCUT2D eigenvalue weighted by Crippen LogP contribution is 2.50. The van der Waals surface area contributed by atoms with Gasteiger partial charge in [-0.2, -0.15) is 0 Å². The Hall–Kier alpha value is -2.64. The monoisotopic (exact) mass is 543 g/mol. The minimum absolute atomic E-state index is 0.0000506. The summed E-state index contributed by atoms with van der Waals surface area (Å²) in [6, 6.07) is 11.3. The third kappa shape index (κ3) is 4.05. The number of fused-ring (bicyclic) bond motifs is 1. The smallest absolute Gasteiger partial charge is 0.315 e. The normalized spacial score (nSPS) is 23.5. The molecular formula is C26H23BrClNO5. The summed E-state index contributed by atoms with van der Waals surface area (Å²) in [6.45, 7) is 3.98. The minimum atomic E-state index is -0.702. The molecule has 0 bridgehead atoms. The number of nitrogens with zero attached hydrogens (tertiary/aromatic N) is 1. The Balaban J connectivity index is 1.62. The van der Waals surface area contributed by atoms with Crippen LogP contribution in [0.15, 0.2) is 57.1 Å². The number of rotatable bonds is 4. The Morgan fingerprint density at radius 1 is 1.18 bits per heavy atom. The molecule has 0 saturated carbocycles. The van der Waals surface area contributed by atoms with Crippen LogP contribution in [0.5, 0.6) is 11.5 Å². The highest BCUT2D eigenvalue weighted by atomic mass is 79.9. The van der Waals surface area contributed by atoms with Gasteiger partial charge in [0, 0.05) is 38.8 Å². The lowest BCUT2D eigenvalue weighted by atomic mass is 9.69. The molecule has 0 aromatic heterocycles. The van der Waals surface area contributed by atoms with Crippen molar-refractivity contribution in [2.75, 3.05) is 13.4 Å². The maximum absolute atomic E-state index is 13.7. The van der Waals surface area contributed by atoms with Crippen molar-refractivity contribution in [3.05, 3.63) is 68.3 Å². The molecule has 1 aliphatic carbocycles. The second kappa shape index (κ2) is 9.19. The van der Waals surface area contributed by atoms with E-state index in [2.05, 4.69) is 15.9 Å². The molecular weight excluding hydrogens is 522 g/mol. The summed E-state index contributed by atoms with van der Waals surface area (Å²) in [5, 5.41) is 0.655. The summed E-state index contributed by atoms with van der Waals surface area (Å²) in [5.41, 5.74) is 3.77. The predicted molar refractivity (Wildman–Crippen MR) is 132 cm³/mol. The lowest BCUT2D eigenvalue weighted by Crippen LogP contribution is -2.38. The van der Waals surface area contributed by atoms with Crippen LogP contribution in [0.25, 0.3) is 0 Å². The summed E-state index contributed by atoms with van der Waals surface area (Å²) >= 11 is 9.70. The number of ether oxygens (including phenoxy) is 3. The van der Waals surface area contributed by atoms with Gasteiger partial charge in [-0.05, 0) is 61.6 Å². The van der Waals surface area contributed by atoms with Gasteiger partial charge >= 0.3 is 5.97 Å². The van der Waals surface area contributed by atoms with Gasteiger partial charge in [0.2, 0.25) is 6.79 Å². The number of halogens is 2. The molecule has 8 heteroatoms. The molecule has 0 N–H and O–H groups in total. The second-order valence-corrected chi connectivity index (χ2v) is 9.92. The van der Waals surface area contributed by atoms with Gasteiger partial charge in [-0.1, -0.05) is 39.7 Å². The molecule has 176 valence electrons. The zero-order chi connectivity index (χ0) is 24.0. The van der Waals surface area contributed by atoms with E-state index in [-0.39, 0.29) is 25.1 Å². The van der Waals surface area contributed by atoms with Gasteiger partial charge < -0.3 is 14.2 Å². The van der Waals surface area contributed by atoms with E-state index >= 15 is 0 Å². The van der Waals surface area contributed by atoms with Gasteiger partial charge in [0.15, 0.2) is 17.3 Å². The van der Waals surface area contributed by atoms with Gasteiger partial charge in [0.25, 0.3) is 0 Å². The first kappa shape index (κ1) is 23.1. The molecule has 2 aliphatic heterocycles. The van der Waals surface area contributed by atoms with E-state index in [0.717, 1.165) is 21.3 Å². The van der Waals surface area contributed by atoms with Crippen LogP contribution < -0.4 is 9.47 Å². The summed E-state index contributed by atoms with van der Waals surface area (Å²) in [6.07, 6.45) is 0.942. The number of hydrogen-bond acceptors (Lipinski definition) is 6. The molecule has 6 nitrogen and oxygen atoms in total. The number of Topliss-reactive ketones (excluding diaryl/α,β-unsaturated/α-hetero) is 1. The van der Waals surface area contributed by atoms with Crippen LogP contribution in [0.2, 0.25) is 5.02 Å². The highest BCUT2D eigenvalue weighted by Gasteiger charge is 2.45. The van der Waals surface area contributed by atoms with Crippen molar-refractivity contribution in [1.82, 2.24) is 0 Å². The molecule has 34 heavy (non-hydrogen) atoms. The van der Waals surface area contributed by atoms with Crippen LogP contribution in [0, 0.1) is 5.92 Å². The molecule has 3 atom stereocenters. The molecule has 0 saturated heterocycles. The van der Waals surface area contributed by atoms with Crippen LogP contribution in [0.4, 0.5) is 0 Å². The van der Waals surface area contributed by atoms with E-state index in [1.165, 1.54) is 0 Å². The zero-order valence-corrected chi connectivity index (χ0v) is 21.1. The fourth-order valence-corrected chi connectivity index (χ4v) is 5.77. The van der Waals surface area contributed by atoms with E-state index in [9.17, 15) is 9.59 Å². The van der Waals surface area contributed by atoms with Gasteiger partial charge in [0.05, 0.1) is 6.61 Å². The first-order valence-electron chi connectivity index (χ1n) is 11.2. The standard InChI is InChI=1S/C26H23BrClNO5/c1-3-32-26(31)23-13(2)29-19-8-15(14-4-6-16(28)7-5-14)9-20(30)25(19)24(23)17-10-21-22(11-18(17)27)34-12-33-21/h4-7,10-11,15,23-24H,3,8-9,12H2,1-2H3/t15-,23?,24-/m1/s1. The van der Waals surface area contributed by atoms with Crippen LogP contribution in [0.1, 0.15) is 49.7 Å². The maximum atomic E-state index is 13.7. The maximum Gasteiger partial charge on any atom is 0.315 e. The topological polar surface area (TPSA) is 74.2 Å². The number of ketones is 1. The summed E-state index contributed by atoms with van der Waals surface area (Å²) in [7, 11) is 0. The molecule has 0 fully saturated rings. The van der Waals surface area contributed by atoms with Crippen LogP contribution in [-0.2, 0) is 14.3 Å². The van der Waals surface area contributed by atoms with Gasteiger partial charge in [0.1, 0.15) is 5.92 Å². The first-order valence-corrected chi connectivity index (χ1v) is 12.4. The molecule has 1 unspecified atom stereocenters. The average molecular weight is 545 g/mol. The number of allylic oxidation sites excluding steroid dienone is 2. The summed E-state index contributed by atoms with van der Waals surface area (Å²) in [5.74, 6) is -0.429. The summed E-state index contributed by atoms with van der Waals surface area (Å²) in [4.78, 5) is 31.6. The van der Waals surface area contributed by atoms with Crippen molar-refractivity contribution in [3.8, 4) is 11.5 Å². The molecule has 2 aromatic carbocycles. The molecule has 5 rings (SSSR count). The van der Waals surface area contributed by atoms with E-state index in [1.54, 1.807) is 6.92 Å². The predicted octanol–water partition coefficient (Wildman–Crippen LogP) is 5.97.